The van der Waals surface area contributed by atoms with E-state index in [1.165, 1.54) is 0 Å². The Hall–Kier alpha value is -3.26. The number of rotatable bonds is 8. The Kier molecular flexibility index (Phi) is 8.13. The first-order valence-corrected chi connectivity index (χ1v) is 12.2. The normalized spacial score (nSPS) is 14.5. The van der Waals surface area contributed by atoms with Gasteiger partial charge in [-0.05, 0) is 53.2 Å². The highest BCUT2D eigenvalue weighted by molar-refractivity contribution is 8.18. The number of carbonyl (C=O) groups excluding carboxylic acids is 3. The van der Waals surface area contributed by atoms with E-state index in [0.29, 0.717) is 22.3 Å². The van der Waals surface area contributed by atoms with Gasteiger partial charge in [0.05, 0.1) is 4.91 Å². The molecule has 4 rings (SSSR count). The van der Waals surface area contributed by atoms with Crippen LogP contribution in [0.3, 0.4) is 0 Å². The fourth-order valence-corrected chi connectivity index (χ4v) is 4.55. The molecule has 0 saturated carbocycles. The molecular weight excluding hydrogens is 507 g/mol. The molecule has 1 N–H and O–H groups in total. The summed E-state index contributed by atoms with van der Waals surface area (Å²) >= 11 is 12.9. The van der Waals surface area contributed by atoms with Crippen LogP contribution in [-0.2, 0) is 22.7 Å². The highest BCUT2D eigenvalue weighted by Gasteiger charge is 2.36. The number of benzene rings is 3. The molecular formula is C26H20Cl2N2O4S. The maximum Gasteiger partial charge on any atom is 0.294 e. The van der Waals surface area contributed by atoms with Gasteiger partial charge in [-0.25, -0.2) is 0 Å². The lowest BCUT2D eigenvalue weighted by Crippen LogP contribution is -2.39. The van der Waals surface area contributed by atoms with Crippen LogP contribution in [0.1, 0.15) is 16.7 Å². The summed E-state index contributed by atoms with van der Waals surface area (Å²) in [6.07, 6.45) is 1.62. The van der Waals surface area contributed by atoms with Crippen LogP contribution in [0, 0.1) is 0 Å². The van der Waals surface area contributed by atoms with E-state index in [1.54, 1.807) is 48.5 Å². The van der Waals surface area contributed by atoms with Crippen LogP contribution >= 0.6 is 35.0 Å². The fraction of sp³-hybridized carbons (Fsp3) is 0.115. The zero-order valence-corrected chi connectivity index (χ0v) is 20.7. The zero-order chi connectivity index (χ0) is 24.8. The van der Waals surface area contributed by atoms with Gasteiger partial charge in [-0.2, -0.15) is 0 Å². The first-order chi connectivity index (χ1) is 16.9. The van der Waals surface area contributed by atoms with E-state index >= 15 is 0 Å². The number of nitrogens with one attached hydrogen (secondary N) is 1. The van der Waals surface area contributed by atoms with Crippen molar-refractivity contribution in [1.29, 1.82) is 0 Å². The van der Waals surface area contributed by atoms with Crippen LogP contribution in [0.25, 0.3) is 6.08 Å². The van der Waals surface area contributed by atoms with Gasteiger partial charge in [-0.3, -0.25) is 19.3 Å². The number of hydrogen-bond acceptors (Lipinski definition) is 5. The highest BCUT2D eigenvalue weighted by atomic mass is 35.5. The number of hydrogen-bond donors (Lipinski definition) is 1. The average molecular weight is 527 g/mol. The molecule has 9 heteroatoms. The second-order valence-electron chi connectivity index (χ2n) is 7.62. The molecule has 6 nitrogen and oxygen atoms in total. The predicted octanol–water partition coefficient (Wildman–Crippen LogP) is 5.93. The van der Waals surface area contributed by atoms with Crippen LogP contribution in [0.15, 0.2) is 77.7 Å². The number of halogens is 2. The zero-order valence-electron chi connectivity index (χ0n) is 18.4. The van der Waals surface area contributed by atoms with Crippen LogP contribution in [-0.4, -0.2) is 28.5 Å². The molecule has 3 aromatic rings. The minimum atomic E-state index is -0.493. The largest absolute Gasteiger partial charge is 0.489 e. The number of ether oxygens (including phenoxy) is 1. The van der Waals surface area contributed by atoms with E-state index in [4.69, 9.17) is 27.9 Å². The van der Waals surface area contributed by atoms with Gasteiger partial charge in [0.1, 0.15) is 18.9 Å². The molecule has 1 aliphatic heterocycles. The third kappa shape index (κ3) is 6.66. The standard InChI is InChI=1S/C26H20Cl2N2O4S/c27-20-9-8-19(22(28)13-20)16-34-21-10-6-17(7-11-21)12-23-25(32)30(26(33)35-23)15-24(31)29-14-18-4-2-1-3-5-18/h1-13H,14-16H2,(H,29,31)/b23-12-. The summed E-state index contributed by atoms with van der Waals surface area (Å²) in [5.41, 5.74) is 2.46. The minimum Gasteiger partial charge on any atom is -0.489 e. The lowest BCUT2D eigenvalue weighted by Gasteiger charge is -2.12. The van der Waals surface area contributed by atoms with E-state index in [1.807, 2.05) is 30.3 Å². The van der Waals surface area contributed by atoms with Gasteiger partial charge >= 0.3 is 0 Å². The Labute approximate surface area is 216 Å². The van der Waals surface area contributed by atoms with Gasteiger partial charge < -0.3 is 10.1 Å². The molecule has 1 fully saturated rings. The molecule has 3 amide bonds. The Morgan fingerprint density at radius 2 is 1.74 bits per heavy atom. The van der Waals surface area contributed by atoms with Crippen LogP contribution in [0.2, 0.25) is 10.0 Å². The quantitative estimate of drug-likeness (QED) is 0.368. The molecule has 178 valence electrons. The summed E-state index contributed by atoms with van der Waals surface area (Å²) in [6.45, 7) is 0.278. The molecule has 1 aliphatic rings. The first kappa shape index (κ1) is 24.9. The molecule has 0 aliphatic carbocycles. The van der Waals surface area contributed by atoms with Crippen LogP contribution in [0.4, 0.5) is 4.79 Å². The predicted molar refractivity (Wildman–Crippen MR) is 138 cm³/mol. The smallest absolute Gasteiger partial charge is 0.294 e. The Balaban J connectivity index is 1.33. The average Bonchev–Trinajstić information content (AvgIpc) is 3.11. The molecule has 0 bridgehead atoms. The van der Waals surface area contributed by atoms with E-state index in [2.05, 4.69) is 5.32 Å². The van der Waals surface area contributed by atoms with E-state index in [9.17, 15) is 14.4 Å². The highest BCUT2D eigenvalue weighted by Crippen LogP contribution is 2.32. The SMILES string of the molecule is O=C(CN1C(=O)S/C(=C\c2ccc(OCc3ccc(Cl)cc3Cl)cc2)C1=O)NCc1ccccc1. The van der Waals surface area contributed by atoms with E-state index in [-0.39, 0.29) is 18.1 Å². The summed E-state index contributed by atoms with van der Waals surface area (Å²) in [5, 5.41) is 3.33. The number of thioether (sulfide) groups is 1. The Morgan fingerprint density at radius 3 is 2.46 bits per heavy atom. The topological polar surface area (TPSA) is 75.7 Å². The van der Waals surface area contributed by atoms with Crippen LogP contribution < -0.4 is 10.1 Å². The molecule has 0 atom stereocenters. The third-order valence-electron chi connectivity index (χ3n) is 5.10. The van der Waals surface area contributed by atoms with E-state index < -0.39 is 17.1 Å². The lowest BCUT2D eigenvalue weighted by molar-refractivity contribution is -0.129. The van der Waals surface area contributed by atoms with Crippen molar-refractivity contribution >= 4 is 58.1 Å². The van der Waals surface area contributed by atoms with Crippen molar-refractivity contribution in [3.63, 3.8) is 0 Å². The van der Waals surface area contributed by atoms with Crippen molar-refractivity contribution in [3.8, 4) is 5.75 Å². The first-order valence-electron chi connectivity index (χ1n) is 10.6. The van der Waals surface area contributed by atoms with Crippen molar-refractivity contribution < 1.29 is 19.1 Å². The molecule has 0 radical (unpaired) electrons. The molecule has 0 spiro atoms. The Morgan fingerprint density at radius 1 is 1.00 bits per heavy atom. The summed E-state index contributed by atoms with van der Waals surface area (Å²) in [4.78, 5) is 38.5. The van der Waals surface area contributed by atoms with Gasteiger partial charge in [0.2, 0.25) is 5.91 Å². The third-order valence-corrected chi connectivity index (χ3v) is 6.59. The summed E-state index contributed by atoms with van der Waals surface area (Å²) in [7, 11) is 0. The van der Waals surface area contributed by atoms with Crippen molar-refractivity contribution in [1.82, 2.24) is 10.2 Å². The van der Waals surface area contributed by atoms with Gasteiger partial charge in [-0.15, -0.1) is 0 Å². The summed E-state index contributed by atoms with van der Waals surface area (Å²) < 4.78 is 5.76. The molecule has 35 heavy (non-hydrogen) atoms. The lowest BCUT2D eigenvalue weighted by atomic mass is 10.2. The minimum absolute atomic E-state index is 0.257. The molecule has 0 aromatic heterocycles. The number of amides is 3. The van der Waals surface area contributed by atoms with Gasteiger partial charge in [0, 0.05) is 22.2 Å². The number of imide groups is 1. The molecule has 0 unspecified atom stereocenters. The van der Waals surface area contributed by atoms with Crippen molar-refractivity contribution in [2.45, 2.75) is 13.2 Å². The van der Waals surface area contributed by atoms with Crippen LogP contribution in [0.5, 0.6) is 5.75 Å². The van der Waals surface area contributed by atoms with Gasteiger partial charge in [0.25, 0.3) is 11.1 Å². The van der Waals surface area contributed by atoms with Crippen molar-refractivity contribution in [3.05, 3.63) is 104 Å². The van der Waals surface area contributed by atoms with Gasteiger partial charge in [0.15, 0.2) is 0 Å². The van der Waals surface area contributed by atoms with Gasteiger partial charge in [-0.1, -0.05) is 71.7 Å². The summed E-state index contributed by atoms with van der Waals surface area (Å²) in [6, 6.07) is 21.7. The Bertz CT molecular complexity index is 1280. The molecule has 1 saturated heterocycles. The fourth-order valence-electron chi connectivity index (χ4n) is 3.24. The molecule has 3 aromatic carbocycles. The maximum absolute atomic E-state index is 12.7. The monoisotopic (exact) mass is 526 g/mol. The second kappa shape index (κ2) is 11.4. The van der Waals surface area contributed by atoms with Crippen molar-refractivity contribution in [2.24, 2.45) is 0 Å². The second-order valence-corrected chi connectivity index (χ2v) is 9.46. The van der Waals surface area contributed by atoms with Crippen molar-refractivity contribution in [2.75, 3.05) is 6.54 Å². The number of carbonyl (C=O) groups is 3. The summed E-state index contributed by atoms with van der Waals surface area (Å²) in [5.74, 6) is -0.274. The molecule has 1 heterocycles. The van der Waals surface area contributed by atoms with E-state index in [0.717, 1.165) is 33.4 Å². The number of nitrogens with zero attached hydrogens (tertiary/aromatic N) is 1. The maximum atomic E-state index is 12.7.